The summed E-state index contributed by atoms with van der Waals surface area (Å²) in [6.45, 7) is 4.82. The number of phenolic OH excluding ortho intramolecular Hbond substituents is 1. The molecule has 3 rings (SSSR count). The number of benzene rings is 2. The summed E-state index contributed by atoms with van der Waals surface area (Å²) >= 11 is 0. The van der Waals surface area contributed by atoms with Crippen LogP contribution in [0, 0.1) is 30.9 Å². The fraction of sp³-hybridized carbons (Fsp3) is 0.176. The molecule has 0 saturated heterocycles. The van der Waals surface area contributed by atoms with Gasteiger partial charge in [0, 0.05) is 17.2 Å². The number of carbonyl (C=O) groups is 2. The van der Waals surface area contributed by atoms with Crippen molar-refractivity contribution in [2.75, 3.05) is 0 Å². The predicted octanol–water partition coefficient (Wildman–Crippen LogP) is 3.00. The second-order valence-corrected chi connectivity index (χ2v) is 5.68. The second-order valence-electron chi connectivity index (χ2n) is 5.68. The Morgan fingerprint density at radius 1 is 0.870 bits per heavy atom. The topological polar surface area (TPSA) is 97.5 Å². The number of hydrogen-bond donors (Lipinski definition) is 1. The maximum absolute atomic E-state index is 12.8. The van der Waals surface area contributed by atoms with Gasteiger partial charge in [0.1, 0.15) is 11.3 Å². The monoisotopic (exact) mass is 311 g/mol. The third-order valence-electron chi connectivity index (χ3n) is 4.20. The molecule has 0 spiro atoms. The highest BCUT2D eigenvalue weighted by Gasteiger charge is 2.40. The lowest BCUT2D eigenvalue weighted by molar-refractivity contribution is -0.385. The zero-order valence-electron chi connectivity index (χ0n) is 12.8. The zero-order chi connectivity index (χ0) is 17.0. The Morgan fingerprint density at radius 2 is 1.35 bits per heavy atom. The Labute approximate surface area is 131 Å². The minimum Gasteiger partial charge on any atom is -0.507 e. The SMILES string of the molecule is Cc1cc([N+](=O)[O-])c2c(c1O)C(=O)c1c(C)ccc(C)c1C2=O. The molecule has 0 saturated carbocycles. The maximum Gasteiger partial charge on any atom is 0.281 e. The minimum absolute atomic E-state index is 0.175. The van der Waals surface area contributed by atoms with Crippen LogP contribution in [-0.2, 0) is 0 Å². The van der Waals surface area contributed by atoms with Crippen molar-refractivity contribution in [2.45, 2.75) is 20.8 Å². The van der Waals surface area contributed by atoms with Crippen molar-refractivity contribution in [3.63, 3.8) is 0 Å². The fourth-order valence-electron chi connectivity index (χ4n) is 3.03. The molecule has 1 N–H and O–H groups in total. The second kappa shape index (κ2) is 4.74. The summed E-state index contributed by atoms with van der Waals surface area (Å²) in [5, 5.41) is 21.5. The van der Waals surface area contributed by atoms with Gasteiger partial charge in [-0.2, -0.15) is 0 Å². The number of carbonyl (C=O) groups excluding carboxylic acids is 2. The molecular formula is C17H13NO5. The molecule has 23 heavy (non-hydrogen) atoms. The Kier molecular flexibility index (Phi) is 3.07. The highest BCUT2D eigenvalue weighted by molar-refractivity contribution is 6.31. The number of rotatable bonds is 1. The number of fused-ring (bicyclic) bond motifs is 2. The highest BCUT2D eigenvalue weighted by atomic mass is 16.6. The van der Waals surface area contributed by atoms with E-state index in [1.165, 1.54) is 6.92 Å². The van der Waals surface area contributed by atoms with E-state index >= 15 is 0 Å². The summed E-state index contributed by atoms with van der Waals surface area (Å²) < 4.78 is 0. The third-order valence-corrected chi connectivity index (χ3v) is 4.20. The number of ketones is 2. The normalized spacial score (nSPS) is 12.8. The molecule has 0 bridgehead atoms. The van der Waals surface area contributed by atoms with Crippen LogP contribution >= 0.6 is 0 Å². The fourth-order valence-corrected chi connectivity index (χ4v) is 3.03. The van der Waals surface area contributed by atoms with Crippen molar-refractivity contribution in [2.24, 2.45) is 0 Å². The number of nitro groups is 1. The third kappa shape index (κ3) is 1.88. The minimum atomic E-state index is -0.702. The van der Waals surface area contributed by atoms with E-state index in [-0.39, 0.29) is 33.6 Å². The van der Waals surface area contributed by atoms with Crippen LogP contribution in [0.2, 0.25) is 0 Å². The molecule has 0 atom stereocenters. The molecule has 1 aliphatic rings. The first-order valence-electron chi connectivity index (χ1n) is 6.96. The van der Waals surface area contributed by atoms with Crippen LogP contribution in [-0.4, -0.2) is 21.6 Å². The molecule has 2 aromatic carbocycles. The number of nitrogens with zero attached hydrogens (tertiary/aromatic N) is 1. The van der Waals surface area contributed by atoms with Crippen LogP contribution < -0.4 is 0 Å². The number of aryl methyl sites for hydroxylation is 3. The molecule has 0 fully saturated rings. The molecule has 1 aliphatic carbocycles. The Balaban J connectivity index is 2.50. The molecule has 0 aliphatic heterocycles. The van der Waals surface area contributed by atoms with Crippen molar-refractivity contribution in [1.29, 1.82) is 0 Å². The van der Waals surface area contributed by atoms with Gasteiger partial charge in [0.05, 0.1) is 10.5 Å². The first-order valence-corrected chi connectivity index (χ1v) is 6.96. The van der Waals surface area contributed by atoms with Crippen LogP contribution in [0.3, 0.4) is 0 Å². The molecule has 2 aromatic rings. The van der Waals surface area contributed by atoms with E-state index in [0.717, 1.165) is 6.07 Å². The summed E-state index contributed by atoms with van der Waals surface area (Å²) in [6.07, 6.45) is 0. The Hall–Kier alpha value is -3.02. The van der Waals surface area contributed by atoms with Crippen molar-refractivity contribution in [3.8, 4) is 5.75 Å². The predicted molar refractivity (Wildman–Crippen MR) is 82.3 cm³/mol. The molecule has 6 heteroatoms. The van der Waals surface area contributed by atoms with E-state index in [4.69, 9.17) is 0 Å². The van der Waals surface area contributed by atoms with E-state index < -0.39 is 22.2 Å². The van der Waals surface area contributed by atoms with Gasteiger partial charge in [-0.15, -0.1) is 0 Å². The van der Waals surface area contributed by atoms with Crippen molar-refractivity contribution >= 4 is 17.3 Å². The average Bonchev–Trinajstić information content (AvgIpc) is 2.49. The first-order chi connectivity index (χ1) is 10.8. The van der Waals surface area contributed by atoms with Gasteiger partial charge < -0.3 is 5.11 Å². The molecule has 0 heterocycles. The lowest BCUT2D eigenvalue weighted by atomic mass is 9.78. The van der Waals surface area contributed by atoms with Gasteiger partial charge in [0.15, 0.2) is 5.78 Å². The summed E-state index contributed by atoms with van der Waals surface area (Å²) in [4.78, 5) is 36.3. The van der Waals surface area contributed by atoms with E-state index in [0.29, 0.717) is 11.1 Å². The largest absolute Gasteiger partial charge is 0.507 e. The van der Waals surface area contributed by atoms with Crippen LogP contribution in [0.1, 0.15) is 48.5 Å². The van der Waals surface area contributed by atoms with E-state index in [1.807, 2.05) is 0 Å². The van der Waals surface area contributed by atoms with Gasteiger partial charge in [-0.1, -0.05) is 12.1 Å². The quantitative estimate of drug-likeness (QED) is 0.550. The number of phenols is 1. The summed E-state index contributed by atoms with van der Waals surface area (Å²) in [7, 11) is 0. The van der Waals surface area contributed by atoms with E-state index in [1.54, 1.807) is 26.0 Å². The lowest BCUT2D eigenvalue weighted by Crippen LogP contribution is -2.25. The smallest absolute Gasteiger partial charge is 0.281 e. The zero-order valence-corrected chi connectivity index (χ0v) is 12.8. The van der Waals surface area contributed by atoms with Crippen LogP contribution in [0.4, 0.5) is 5.69 Å². The number of aromatic hydroxyl groups is 1. The summed E-state index contributed by atoms with van der Waals surface area (Å²) in [5.41, 5.74) is 0.673. The van der Waals surface area contributed by atoms with Gasteiger partial charge in [-0.25, -0.2) is 0 Å². The maximum atomic E-state index is 12.8. The van der Waals surface area contributed by atoms with Gasteiger partial charge in [0.25, 0.3) is 5.69 Å². The van der Waals surface area contributed by atoms with Crippen molar-refractivity contribution in [3.05, 3.63) is 67.3 Å². The van der Waals surface area contributed by atoms with Gasteiger partial charge in [0.2, 0.25) is 5.78 Å². The molecule has 0 radical (unpaired) electrons. The number of hydrogen-bond acceptors (Lipinski definition) is 5. The van der Waals surface area contributed by atoms with Crippen LogP contribution in [0.25, 0.3) is 0 Å². The summed E-state index contributed by atoms with van der Waals surface area (Å²) in [6, 6.07) is 4.53. The van der Waals surface area contributed by atoms with Crippen molar-refractivity contribution < 1.29 is 19.6 Å². The molecule has 0 aromatic heterocycles. The summed E-state index contributed by atoms with van der Waals surface area (Å²) in [5.74, 6) is -1.53. The van der Waals surface area contributed by atoms with Gasteiger partial charge in [-0.05, 0) is 37.5 Å². The van der Waals surface area contributed by atoms with Crippen molar-refractivity contribution in [1.82, 2.24) is 0 Å². The molecule has 116 valence electrons. The molecule has 0 amide bonds. The Bertz CT molecular complexity index is 927. The average molecular weight is 311 g/mol. The van der Waals surface area contributed by atoms with Gasteiger partial charge in [-0.3, -0.25) is 19.7 Å². The van der Waals surface area contributed by atoms with E-state index in [9.17, 15) is 24.8 Å². The Morgan fingerprint density at radius 3 is 1.83 bits per heavy atom. The van der Waals surface area contributed by atoms with E-state index in [2.05, 4.69) is 0 Å². The van der Waals surface area contributed by atoms with Crippen LogP contribution in [0.15, 0.2) is 18.2 Å². The standard InChI is InChI=1S/C17H13NO5/c1-7-4-5-8(2)12-11(7)16(20)13-10(18(22)23)6-9(3)15(19)14(13)17(12)21/h4-6,19H,1-3H3. The molecule has 0 unspecified atom stereocenters. The molecule has 6 nitrogen and oxygen atoms in total. The highest BCUT2D eigenvalue weighted by Crippen LogP contribution is 2.41. The van der Waals surface area contributed by atoms with Crippen LogP contribution in [0.5, 0.6) is 5.75 Å². The van der Waals surface area contributed by atoms with Gasteiger partial charge >= 0.3 is 0 Å². The number of nitro benzene ring substituents is 1. The lowest BCUT2D eigenvalue weighted by Gasteiger charge is -2.22. The molecular weight excluding hydrogens is 298 g/mol. The first kappa shape index (κ1) is 14.9.